The highest BCUT2D eigenvalue weighted by Gasteiger charge is 2.29. The third kappa shape index (κ3) is 11.2. The molecule has 0 saturated carbocycles. The minimum Gasteiger partial charge on any atom is -0.493 e. The minimum absolute atomic E-state index is 0.0339. The highest BCUT2D eigenvalue weighted by Crippen LogP contribution is 2.31. The molecule has 1 aromatic rings. The second kappa shape index (κ2) is 14.8. The van der Waals surface area contributed by atoms with Crippen LogP contribution in [0.25, 0.3) is 0 Å². The van der Waals surface area contributed by atoms with Crippen LogP contribution >= 0.6 is 0 Å². The Labute approximate surface area is 209 Å². The van der Waals surface area contributed by atoms with E-state index in [0.29, 0.717) is 37.6 Å². The van der Waals surface area contributed by atoms with Crippen LogP contribution in [0, 0.1) is 17.3 Å². The summed E-state index contributed by atoms with van der Waals surface area (Å²) in [6.07, 6.45) is -0.448. The van der Waals surface area contributed by atoms with Crippen LogP contribution < -0.4 is 20.1 Å². The fraction of sp³-hybridized carbons (Fsp3) is 0.692. The van der Waals surface area contributed by atoms with Crippen LogP contribution in [0.5, 0.6) is 11.5 Å². The van der Waals surface area contributed by atoms with E-state index in [4.69, 9.17) is 14.2 Å². The van der Waals surface area contributed by atoms with Crippen molar-refractivity contribution in [2.45, 2.75) is 66.0 Å². The number of rotatable bonds is 15. The van der Waals surface area contributed by atoms with E-state index in [1.165, 1.54) is 0 Å². The standard InChI is InChI=1S/C26H44N2O7/c1-17(2)19(13-18-9-10-22(34-7)23(14-18)35-12-8-11-33-6)15-20(28-25(31)32)21(29)16-27-24(30)26(3,4)5/h9-10,14,17,19-21,28-29H,8,11-13,15-16H2,1-7H3,(H,27,30)(H,31,32)/t19-,20-,21-/m0/s1. The number of amides is 2. The second-order valence-corrected chi connectivity index (χ2v) is 10.2. The smallest absolute Gasteiger partial charge is 0.404 e. The third-order valence-electron chi connectivity index (χ3n) is 5.90. The molecule has 1 rings (SSSR count). The van der Waals surface area contributed by atoms with Crippen molar-refractivity contribution in [2.24, 2.45) is 17.3 Å². The normalized spacial score (nSPS) is 14.2. The van der Waals surface area contributed by atoms with Crippen LogP contribution in [0.15, 0.2) is 18.2 Å². The second-order valence-electron chi connectivity index (χ2n) is 10.2. The molecule has 200 valence electrons. The Kier molecular flexibility index (Phi) is 12.9. The van der Waals surface area contributed by atoms with Crippen molar-refractivity contribution in [2.75, 3.05) is 34.0 Å². The molecule has 0 bridgehead atoms. The first-order chi connectivity index (χ1) is 16.4. The molecule has 4 N–H and O–H groups in total. The molecule has 0 aliphatic heterocycles. The SMILES string of the molecule is COCCCOc1cc(C[C@@H](C[C@H](NC(=O)O)[C@@H](O)CNC(=O)C(C)(C)C)C(C)C)ccc1OC. The summed E-state index contributed by atoms with van der Waals surface area (Å²) in [4.78, 5) is 23.6. The number of aliphatic hydroxyl groups excluding tert-OH is 1. The van der Waals surface area contributed by atoms with Gasteiger partial charge in [-0.3, -0.25) is 4.79 Å². The van der Waals surface area contributed by atoms with E-state index in [-0.39, 0.29) is 24.3 Å². The van der Waals surface area contributed by atoms with Gasteiger partial charge in [0.15, 0.2) is 11.5 Å². The van der Waals surface area contributed by atoms with Gasteiger partial charge in [0.25, 0.3) is 0 Å². The maximum Gasteiger partial charge on any atom is 0.404 e. The largest absolute Gasteiger partial charge is 0.493 e. The summed E-state index contributed by atoms with van der Waals surface area (Å²) in [7, 11) is 3.24. The van der Waals surface area contributed by atoms with Crippen LogP contribution in [-0.2, 0) is 16.0 Å². The molecule has 0 aliphatic carbocycles. The molecule has 0 fully saturated rings. The van der Waals surface area contributed by atoms with Gasteiger partial charge in [0.1, 0.15) is 0 Å². The molecule has 9 nitrogen and oxygen atoms in total. The van der Waals surface area contributed by atoms with Crippen molar-refractivity contribution in [1.29, 1.82) is 0 Å². The van der Waals surface area contributed by atoms with E-state index in [9.17, 15) is 19.8 Å². The number of benzene rings is 1. The Balaban J connectivity index is 2.96. The van der Waals surface area contributed by atoms with Gasteiger partial charge in [0.2, 0.25) is 5.91 Å². The van der Waals surface area contributed by atoms with Crippen molar-refractivity contribution in [3.8, 4) is 11.5 Å². The van der Waals surface area contributed by atoms with Crippen molar-refractivity contribution in [1.82, 2.24) is 10.6 Å². The van der Waals surface area contributed by atoms with Crippen LogP contribution in [0.2, 0.25) is 0 Å². The molecule has 2 amide bonds. The summed E-state index contributed by atoms with van der Waals surface area (Å²) in [6, 6.07) is 5.04. The number of nitrogens with one attached hydrogen (secondary N) is 2. The van der Waals surface area contributed by atoms with Gasteiger partial charge in [-0.05, 0) is 42.4 Å². The number of aliphatic hydroxyl groups is 1. The van der Waals surface area contributed by atoms with Gasteiger partial charge in [-0.25, -0.2) is 4.79 Å². The van der Waals surface area contributed by atoms with Gasteiger partial charge in [-0.1, -0.05) is 40.7 Å². The van der Waals surface area contributed by atoms with Crippen LogP contribution in [0.1, 0.15) is 53.0 Å². The fourth-order valence-corrected chi connectivity index (χ4v) is 3.64. The molecule has 0 aliphatic rings. The average molecular weight is 497 g/mol. The lowest BCUT2D eigenvalue weighted by Crippen LogP contribution is -2.50. The highest BCUT2D eigenvalue weighted by atomic mass is 16.5. The number of hydrogen-bond acceptors (Lipinski definition) is 6. The summed E-state index contributed by atoms with van der Waals surface area (Å²) < 4.78 is 16.4. The zero-order valence-corrected chi connectivity index (χ0v) is 22.2. The quantitative estimate of drug-likeness (QED) is 0.274. The minimum atomic E-state index is -1.21. The van der Waals surface area contributed by atoms with E-state index in [1.54, 1.807) is 35.0 Å². The van der Waals surface area contributed by atoms with Gasteiger partial charge in [-0.2, -0.15) is 0 Å². The van der Waals surface area contributed by atoms with Crippen molar-refractivity contribution >= 4 is 12.0 Å². The summed E-state index contributed by atoms with van der Waals surface area (Å²) in [5, 5.41) is 25.2. The van der Waals surface area contributed by atoms with Crippen LogP contribution in [0.4, 0.5) is 4.79 Å². The first-order valence-electron chi connectivity index (χ1n) is 12.1. The Hall–Kier alpha value is -2.52. The molecule has 0 heterocycles. The van der Waals surface area contributed by atoms with Gasteiger partial charge < -0.3 is 35.1 Å². The van der Waals surface area contributed by atoms with Crippen molar-refractivity contribution in [3.05, 3.63) is 23.8 Å². The number of ether oxygens (including phenoxy) is 3. The topological polar surface area (TPSA) is 126 Å². The Bertz CT molecular complexity index is 792. The third-order valence-corrected chi connectivity index (χ3v) is 5.90. The molecular formula is C26H44N2O7. The molecule has 0 spiro atoms. The zero-order chi connectivity index (χ0) is 26.6. The summed E-state index contributed by atoms with van der Waals surface area (Å²) in [5.74, 6) is 1.37. The zero-order valence-electron chi connectivity index (χ0n) is 22.2. The lowest BCUT2D eigenvalue weighted by Gasteiger charge is -2.30. The monoisotopic (exact) mass is 496 g/mol. The van der Waals surface area contributed by atoms with E-state index in [1.807, 2.05) is 18.2 Å². The molecule has 3 atom stereocenters. The maximum atomic E-state index is 12.2. The molecule has 0 unspecified atom stereocenters. The maximum absolute atomic E-state index is 12.2. The number of hydrogen-bond donors (Lipinski definition) is 4. The Morgan fingerprint density at radius 1 is 1.09 bits per heavy atom. The predicted octanol–water partition coefficient (Wildman–Crippen LogP) is 3.47. The number of methoxy groups -OCH3 is 2. The van der Waals surface area contributed by atoms with Crippen molar-refractivity contribution in [3.63, 3.8) is 0 Å². The highest BCUT2D eigenvalue weighted by molar-refractivity contribution is 5.81. The molecule has 0 aromatic heterocycles. The lowest BCUT2D eigenvalue weighted by atomic mass is 9.83. The molecule has 0 saturated heterocycles. The van der Waals surface area contributed by atoms with Gasteiger partial charge in [-0.15, -0.1) is 0 Å². The number of carboxylic acid groups (broad SMARTS) is 1. The van der Waals surface area contributed by atoms with Gasteiger partial charge in [0.05, 0.1) is 25.9 Å². The number of carbonyl (C=O) groups excluding carboxylic acids is 1. The van der Waals surface area contributed by atoms with Gasteiger partial charge in [0, 0.05) is 32.1 Å². The number of carbonyl (C=O) groups is 2. The molecule has 9 heteroatoms. The molecule has 0 radical (unpaired) electrons. The molecule has 1 aromatic carbocycles. The molecular weight excluding hydrogens is 452 g/mol. The predicted molar refractivity (Wildman–Crippen MR) is 135 cm³/mol. The van der Waals surface area contributed by atoms with E-state index < -0.39 is 23.7 Å². The lowest BCUT2D eigenvalue weighted by molar-refractivity contribution is -0.129. The fourth-order valence-electron chi connectivity index (χ4n) is 3.64. The summed E-state index contributed by atoms with van der Waals surface area (Å²) in [6.45, 7) is 10.5. The van der Waals surface area contributed by atoms with Crippen LogP contribution in [-0.4, -0.2) is 68.3 Å². The molecule has 35 heavy (non-hydrogen) atoms. The van der Waals surface area contributed by atoms with Crippen molar-refractivity contribution < 1.29 is 34.0 Å². The first-order valence-corrected chi connectivity index (χ1v) is 12.1. The Morgan fingerprint density at radius 3 is 2.31 bits per heavy atom. The van der Waals surface area contributed by atoms with Crippen LogP contribution in [0.3, 0.4) is 0 Å². The summed E-state index contributed by atoms with van der Waals surface area (Å²) >= 11 is 0. The summed E-state index contributed by atoms with van der Waals surface area (Å²) in [5.41, 5.74) is 0.420. The van der Waals surface area contributed by atoms with E-state index >= 15 is 0 Å². The van der Waals surface area contributed by atoms with E-state index in [2.05, 4.69) is 24.5 Å². The Morgan fingerprint density at radius 2 is 1.77 bits per heavy atom. The van der Waals surface area contributed by atoms with E-state index in [0.717, 1.165) is 12.0 Å². The first kappa shape index (κ1) is 30.5. The van der Waals surface area contributed by atoms with Gasteiger partial charge >= 0.3 is 6.09 Å². The average Bonchev–Trinajstić information content (AvgIpc) is 2.78.